The molecule has 0 radical (unpaired) electrons. The van der Waals surface area contributed by atoms with Crippen molar-refractivity contribution in [1.82, 2.24) is 15.5 Å². The lowest BCUT2D eigenvalue weighted by Crippen LogP contribution is -2.53. The van der Waals surface area contributed by atoms with E-state index in [1.807, 2.05) is 0 Å². The molecule has 0 saturated heterocycles. The lowest BCUT2D eigenvalue weighted by Gasteiger charge is -2.29. The Labute approximate surface area is 118 Å². The second-order valence-corrected chi connectivity index (χ2v) is 6.28. The largest absolute Gasteiger partial charge is 0.480 e. The van der Waals surface area contributed by atoms with Gasteiger partial charge in [0.25, 0.3) is 0 Å². The van der Waals surface area contributed by atoms with E-state index in [9.17, 15) is 14.4 Å². The number of carboxylic acid groups (broad SMARTS) is 1. The van der Waals surface area contributed by atoms with E-state index in [0.717, 1.165) is 12.8 Å². The third kappa shape index (κ3) is 5.07. The summed E-state index contributed by atoms with van der Waals surface area (Å²) in [6.45, 7) is 5.10. The van der Waals surface area contributed by atoms with Gasteiger partial charge in [0.15, 0.2) is 0 Å². The number of nitrogens with zero attached hydrogens (tertiary/aromatic N) is 1. The van der Waals surface area contributed by atoms with Crippen LogP contribution in [0.25, 0.3) is 0 Å². The number of amides is 3. The van der Waals surface area contributed by atoms with Gasteiger partial charge in [0, 0.05) is 13.1 Å². The van der Waals surface area contributed by atoms with Crippen molar-refractivity contribution in [2.24, 2.45) is 5.41 Å². The third-order valence-corrected chi connectivity index (χ3v) is 3.05. The van der Waals surface area contributed by atoms with Gasteiger partial charge in [-0.1, -0.05) is 20.8 Å². The van der Waals surface area contributed by atoms with Crippen molar-refractivity contribution in [3.05, 3.63) is 0 Å². The molecule has 1 aliphatic rings. The molecule has 114 valence electrons. The first-order chi connectivity index (χ1) is 9.11. The highest BCUT2D eigenvalue weighted by molar-refractivity contribution is 5.87. The molecule has 0 aromatic heterocycles. The molecule has 0 heterocycles. The summed E-state index contributed by atoms with van der Waals surface area (Å²) in [5, 5.41) is 14.3. The monoisotopic (exact) mass is 285 g/mol. The molecular weight excluding hydrogens is 262 g/mol. The summed E-state index contributed by atoms with van der Waals surface area (Å²) in [6, 6.07) is -1.34. The summed E-state index contributed by atoms with van der Waals surface area (Å²) in [7, 11) is 1.46. The van der Waals surface area contributed by atoms with E-state index in [-0.39, 0.29) is 18.5 Å². The zero-order chi connectivity index (χ0) is 15.5. The highest BCUT2D eigenvalue weighted by Crippen LogP contribution is 2.20. The lowest BCUT2D eigenvalue weighted by molar-refractivity contribution is -0.142. The summed E-state index contributed by atoms with van der Waals surface area (Å²) in [5.41, 5.74) is -0.612. The van der Waals surface area contributed by atoms with Crippen molar-refractivity contribution in [2.75, 3.05) is 13.6 Å². The van der Waals surface area contributed by atoms with Crippen LogP contribution in [0, 0.1) is 5.41 Å². The van der Waals surface area contributed by atoms with E-state index in [1.165, 1.54) is 11.9 Å². The van der Waals surface area contributed by atoms with Gasteiger partial charge in [-0.2, -0.15) is 0 Å². The molecule has 1 saturated carbocycles. The number of rotatable bonds is 5. The van der Waals surface area contributed by atoms with Crippen molar-refractivity contribution in [1.29, 1.82) is 0 Å². The zero-order valence-electron chi connectivity index (χ0n) is 12.4. The van der Waals surface area contributed by atoms with E-state index in [4.69, 9.17) is 5.11 Å². The van der Waals surface area contributed by atoms with Gasteiger partial charge in [-0.3, -0.25) is 4.79 Å². The summed E-state index contributed by atoms with van der Waals surface area (Å²) in [4.78, 5) is 35.8. The molecule has 1 aliphatic carbocycles. The molecule has 1 rings (SSSR count). The van der Waals surface area contributed by atoms with Gasteiger partial charge in [-0.15, -0.1) is 0 Å². The Balaban J connectivity index is 2.50. The first kappa shape index (κ1) is 16.3. The minimum Gasteiger partial charge on any atom is -0.480 e. The number of hydrogen-bond donors (Lipinski definition) is 3. The van der Waals surface area contributed by atoms with E-state index in [0.29, 0.717) is 0 Å². The van der Waals surface area contributed by atoms with Crippen molar-refractivity contribution in [3.63, 3.8) is 0 Å². The van der Waals surface area contributed by atoms with Gasteiger partial charge in [-0.05, 0) is 18.3 Å². The quantitative estimate of drug-likeness (QED) is 0.681. The van der Waals surface area contributed by atoms with Gasteiger partial charge >= 0.3 is 12.0 Å². The molecule has 1 unspecified atom stereocenters. The van der Waals surface area contributed by atoms with Crippen molar-refractivity contribution < 1.29 is 19.5 Å². The Morgan fingerprint density at radius 3 is 2.25 bits per heavy atom. The van der Waals surface area contributed by atoms with Crippen molar-refractivity contribution >= 4 is 17.9 Å². The average Bonchev–Trinajstić information content (AvgIpc) is 3.06. The van der Waals surface area contributed by atoms with E-state index in [1.54, 1.807) is 20.8 Å². The Morgan fingerprint density at radius 1 is 1.30 bits per heavy atom. The Hall–Kier alpha value is -1.79. The van der Waals surface area contributed by atoms with Gasteiger partial charge < -0.3 is 20.6 Å². The van der Waals surface area contributed by atoms with Crippen LogP contribution in [0.15, 0.2) is 0 Å². The van der Waals surface area contributed by atoms with Crippen molar-refractivity contribution in [2.45, 2.75) is 45.7 Å². The van der Waals surface area contributed by atoms with Crippen LogP contribution < -0.4 is 10.6 Å². The fraction of sp³-hybridized carbons (Fsp3) is 0.769. The minimum absolute atomic E-state index is 0.0845. The van der Waals surface area contributed by atoms with Gasteiger partial charge in [0.2, 0.25) is 5.91 Å². The SMILES string of the molecule is CN(CC(=O)NC1CC1)C(=O)NC(C(=O)O)C(C)(C)C. The van der Waals surface area contributed by atoms with Crippen molar-refractivity contribution in [3.8, 4) is 0 Å². The van der Waals surface area contributed by atoms with Crippen LogP contribution in [0.2, 0.25) is 0 Å². The molecule has 1 atom stereocenters. The van der Waals surface area contributed by atoms with Crippen LogP contribution in [0.5, 0.6) is 0 Å². The zero-order valence-corrected chi connectivity index (χ0v) is 12.4. The predicted octanol–water partition coefficient (Wildman–Crippen LogP) is 0.406. The molecule has 1 fully saturated rings. The second kappa shape index (κ2) is 6.11. The smallest absolute Gasteiger partial charge is 0.326 e. The minimum atomic E-state index is -1.10. The summed E-state index contributed by atoms with van der Waals surface area (Å²) in [6.07, 6.45) is 1.96. The molecule has 7 heteroatoms. The molecule has 0 spiro atoms. The van der Waals surface area contributed by atoms with Crippen LogP contribution in [0.1, 0.15) is 33.6 Å². The number of carbonyl (C=O) groups excluding carboxylic acids is 2. The predicted molar refractivity (Wildman–Crippen MR) is 73.2 cm³/mol. The highest BCUT2D eigenvalue weighted by Gasteiger charge is 2.33. The topological polar surface area (TPSA) is 98.7 Å². The van der Waals surface area contributed by atoms with Crippen LogP contribution in [0.4, 0.5) is 4.79 Å². The summed E-state index contributed by atoms with van der Waals surface area (Å²) in [5.74, 6) is -1.32. The Kier molecular flexibility index (Phi) is 4.97. The van der Waals surface area contributed by atoms with Gasteiger partial charge in [-0.25, -0.2) is 9.59 Å². The van der Waals surface area contributed by atoms with Crippen LogP contribution in [0.3, 0.4) is 0 Å². The molecule has 3 amide bonds. The van der Waals surface area contributed by atoms with E-state index in [2.05, 4.69) is 10.6 Å². The fourth-order valence-corrected chi connectivity index (χ4v) is 1.67. The summed E-state index contributed by atoms with van der Waals surface area (Å²) < 4.78 is 0. The molecular formula is C13H23N3O4. The molecule has 0 aromatic rings. The number of aliphatic carboxylic acids is 1. The molecule has 3 N–H and O–H groups in total. The number of likely N-dealkylation sites (N-methyl/N-ethyl adjacent to an activating group) is 1. The molecule has 0 bridgehead atoms. The highest BCUT2D eigenvalue weighted by atomic mass is 16.4. The molecule has 7 nitrogen and oxygen atoms in total. The number of urea groups is 1. The van der Waals surface area contributed by atoms with Crippen LogP contribution in [-0.2, 0) is 9.59 Å². The van der Waals surface area contributed by atoms with Gasteiger partial charge in [0.1, 0.15) is 12.6 Å². The molecule has 20 heavy (non-hydrogen) atoms. The van der Waals surface area contributed by atoms with Gasteiger partial charge in [0.05, 0.1) is 0 Å². The standard InChI is InChI=1S/C13H23N3O4/c1-13(2,3)10(11(18)19)15-12(20)16(4)7-9(17)14-8-5-6-8/h8,10H,5-7H2,1-4H3,(H,14,17)(H,15,20)(H,18,19). The fourth-order valence-electron chi connectivity index (χ4n) is 1.67. The first-order valence-corrected chi connectivity index (χ1v) is 6.65. The number of carbonyl (C=O) groups is 3. The van der Waals surface area contributed by atoms with E-state index < -0.39 is 23.5 Å². The maximum Gasteiger partial charge on any atom is 0.326 e. The third-order valence-electron chi connectivity index (χ3n) is 3.05. The maximum atomic E-state index is 11.9. The number of nitrogens with one attached hydrogen (secondary N) is 2. The average molecular weight is 285 g/mol. The summed E-state index contributed by atoms with van der Waals surface area (Å²) >= 11 is 0. The number of carboxylic acids is 1. The second-order valence-electron chi connectivity index (χ2n) is 6.28. The normalized spacial score (nSPS) is 16.2. The lowest BCUT2D eigenvalue weighted by atomic mass is 9.87. The van der Waals surface area contributed by atoms with Crippen LogP contribution >= 0.6 is 0 Å². The van der Waals surface area contributed by atoms with Crippen LogP contribution in [-0.4, -0.2) is 53.6 Å². The Morgan fingerprint density at radius 2 is 1.85 bits per heavy atom. The first-order valence-electron chi connectivity index (χ1n) is 6.65. The molecule has 0 aliphatic heterocycles. The molecule has 0 aromatic carbocycles. The van der Waals surface area contributed by atoms with E-state index >= 15 is 0 Å². The number of hydrogen-bond acceptors (Lipinski definition) is 3. The Bertz CT molecular complexity index is 399. The maximum absolute atomic E-state index is 11.9.